The summed E-state index contributed by atoms with van der Waals surface area (Å²) in [6.45, 7) is 1.41. The van der Waals surface area contributed by atoms with Crippen LogP contribution in [-0.4, -0.2) is 38.2 Å². The monoisotopic (exact) mass is 315 g/mol. The number of aryl methyl sites for hydroxylation is 1. The Morgan fingerprint density at radius 3 is 2.52 bits per heavy atom. The number of hydrogen-bond acceptors (Lipinski definition) is 5. The minimum atomic E-state index is -4.09. The molecule has 1 fully saturated rings. The highest BCUT2D eigenvalue weighted by atomic mass is 32.2. The van der Waals surface area contributed by atoms with Gasteiger partial charge in [-0.15, -0.1) is 0 Å². The Morgan fingerprint density at radius 1 is 1.38 bits per heavy atom. The van der Waals surface area contributed by atoms with Crippen molar-refractivity contribution in [1.82, 2.24) is 9.62 Å². The number of benzene rings is 1. The van der Waals surface area contributed by atoms with Crippen LogP contribution in [0.5, 0.6) is 0 Å². The standard InChI is InChI=1S/C12H14FN3O4S/c1-6-3-7(13)8(14)4-10(6)21(19,20)15-9-5-11(17)16(2)12(9)18/h3-4,9,15H,5,14H2,1-2H3. The van der Waals surface area contributed by atoms with E-state index in [2.05, 4.69) is 4.72 Å². The second-order valence-corrected chi connectivity index (χ2v) is 6.49. The van der Waals surface area contributed by atoms with E-state index in [4.69, 9.17) is 5.73 Å². The fourth-order valence-electron chi connectivity index (χ4n) is 2.06. The maximum absolute atomic E-state index is 13.3. The van der Waals surface area contributed by atoms with E-state index < -0.39 is 33.7 Å². The topological polar surface area (TPSA) is 110 Å². The lowest BCUT2D eigenvalue weighted by atomic mass is 10.2. The van der Waals surface area contributed by atoms with Gasteiger partial charge in [0, 0.05) is 7.05 Å². The number of nitrogen functional groups attached to an aromatic ring is 1. The molecule has 1 saturated heterocycles. The van der Waals surface area contributed by atoms with Gasteiger partial charge in [-0.1, -0.05) is 0 Å². The van der Waals surface area contributed by atoms with E-state index in [0.29, 0.717) is 0 Å². The Bertz CT molecular complexity index is 732. The molecule has 9 heteroatoms. The Hall–Kier alpha value is -2.00. The van der Waals surface area contributed by atoms with Gasteiger partial charge in [0.2, 0.25) is 21.8 Å². The molecule has 114 valence electrons. The van der Waals surface area contributed by atoms with Crippen molar-refractivity contribution in [3.63, 3.8) is 0 Å². The third-order valence-corrected chi connectivity index (χ3v) is 4.88. The van der Waals surface area contributed by atoms with Gasteiger partial charge in [-0.05, 0) is 24.6 Å². The number of carbonyl (C=O) groups is 2. The lowest BCUT2D eigenvalue weighted by Crippen LogP contribution is -2.40. The lowest BCUT2D eigenvalue weighted by Gasteiger charge is -2.14. The van der Waals surface area contributed by atoms with Crippen LogP contribution in [0.3, 0.4) is 0 Å². The van der Waals surface area contributed by atoms with Gasteiger partial charge < -0.3 is 5.73 Å². The molecule has 1 atom stereocenters. The van der Waals surface area contributed by atoms with E-state index in [0.717, 1.165) is 17.0 Å². The van der Waals surface area contributed by atoms with Crippen molar-refractivity contribution in [2.24, 2.45) is 0 Å². The van der Waals surface area contributed by atoms with E-state index in [-0.39, 0.29) is 22.6 Å². The summed E-state index contributed by atoms with van der Waals surface area (Å²) in [7, 11) is -2.81. The molecule has 1 heterocycles. The van der Waals surface area contributed by atoms with E-state index in [9.17, 15) is 22.4 Å². The maximum atomic E-state index is 13.3. The van der Waals surface area contributed by atoms with Gasteiger partial charge >= 0.3 is 0 Å². The van der Waals surface area contributed by atoms with Gasteiger partial charge in [0.15, 0.2) is 0 Å². The normalized spacial score (nSPS) is 19.4. The summed E-state index contributed by atoms with van der Waals surface area (Å²) in [5.41, 5.74) is 5.21. The average Bonchev–Trinajstić information content (AvgIpc) is 2.61. The number of anilines is 1. The van der Waals surface area contributed by atoms with Crippen LogP contribution in [0.25, 0.3) is 0 Å². The van der Waals surface area contributed by atoms with Crippen LogP contribution >= 0.6 is 0 Å². The zero-order valence-corrected chi connectivity index (χ0v) is 12.2. The zero-order valence-electron chi connectivity index (χ0n) is 11.4. The Balaban J connectivity index is 2.34. The van der Waals surface area contributed by atoms with Crippen LogP contribution in [0.15, 0.2) is 17.0 Å². The zero-order chi connectivity index (χ0) is 15.9. The molecular formula is C12H14FN3O4S. The van der Waals surface area contributed by atoms with Gasteiger partial charge in [-0.2, -0.15) is 4.72 Å². The molecule has 2 rings (SSSR count). The number of likely N-dealkylation sites (N-methyl/N-ethyl adjacent to an activating group) is 1. The first kappa shape index (κ1) is 15.4. The SMILES string of the molecule is Cc1cc(F)c(N)cc1S(=O)(=O)NC1CC(=O)N(C)C1=O. The molecule has 2 amide bonds. The first-order valence-electron chi connectivity index (χ1n) is 6.02. The quantitative estimate of drug-likeness (QED) is 0.590. The summed E-state index contributed by atoms with van der Waals surface area (Å²) in [5, 5.41) is 0. The summed E-state index contributed by atoms with van der Waals surface area (Å²) in [6, 6.07) is 0.827. The fraction of sp³-hybridized carbons (Fsp3) is 0.333. The largest absolute Gasteiger partial charge is 0.396 e. The number of halogens is 1. The fourth-order valence-corrected chi connectivity index (χ4v) is 3.51. The number of imide groups is 1. The first-order valence-corrected chi connectivity index (χ1v) is 7.50. The molecule has 0 aliphatic carbocycles. The summed E-state index contributed by atoms with van der Waals surface area (Å²) in [4.78, 5) is 23.7. The summed E-state index contributed by atoms with van der Waals surface area (Å²) >= 11 is 0. The number of rotatable bonds is 3. The van der Waals surface area contributed by atoms with Crippen molar-refractivity contribution in [1.29, 1.82) is 0 Å². The molecule has 3 N–H and O–H groups in total. The molecule has 1 aromatic carbocycles. The second kappa shape index (κ2) is 5.08. The summed E-state index contributed by atoms with van der Waals surface area (Å²) < 4.78 is 39.9. The number of nitrogens with one attached hydrogen (secondary N) is 1. The minimum absolute atomic E-state index is 0.152. The molecule has 0 bridgehead atoms. The van der Waals surface area contributed by atoms with Crippen LogP contribution in [-0.2, 0) is 19.6 Å². The molecule has 1 unspecified atom stereocenters. The summed E-state index contributed by atoms with van der Waals surface area (Å²) in [5.74, 6) is -1.82. The number of hydrogen-bond donors (Lipinski definition) is 2. The minimum Gasteiger partial charge on any atom is -0.396 e. The van der Waals surface area contributed by atoms with E-state index in [1.165, 1.54) is 14.0 Å². The Morgan fingerprint density at radius 2 is 2.00 bits per heavy atom. The number of nitrogens with zero attached hydrogens (tertiary/aromatic N) is 1. The maximum Gasteiger partial charge on any atom is 0.247 e. The Labute approximate surface area is 121 Å². The van der Waals surface area contributed by atoms with Crippen LogP contribution < -0.4 is 10.5 Å². The predicted octanol–water partition coefficient (Wildman–Crippen LogP) is -0.248. The molecule has 1 aliphatic heterocycles. The highest BCUT2D eigenvalue weighted by Gasteiger charge is 2.39. The molecule has 7 nitrogen and oxygen atoms in total. The molecule has 0 aromatic heterocycles. The molecular weight excluding hydrogens is 301 g/mol. The lowest BCUT2D eigenvalue weighted by molar-refractivity contribution is -0.137. The van der Waals surface area contributed by atoms with Gasteiger partial charge in [0.1, 0.15) is 11.9 Å². The average molecular weight is 315 g/mol. The van der Waals surface area contributed by atoms with Crippen LogP contribution in [0.2, 0.25) is 0 Å². The van der Waals surface area contributed by atoms with Gasteiger partial charge in [0.05, 0.1) is 17.0 Å². The summed E-state index contributed by atoms with van der Waals surface area (Å²) in [6.07, 6.45) is -0.246. The van der Waals surface area contributed by atoms with Gasteiger partial charge in [-0.25, -0.2) is 12.8 Å². The number of likely N-dealkylation sites (tertiary alicyclic amines) is 1. The molecule has 21 heavy (non-hydrogen) atoms. The molecule has 0 radical (unpaired) electrons. The molecule has 1 aliphatic rings. The first-order chi connectivity index (χ1) is 9.63. The number of nitrogens with two attached hydrogens (primary N) is 1. The van der Waals surface area contributed by atoms with Crippen molar-refractivity contribution in [2.75, 3.05) is 12.8 Å². The van der Waals surface area contributed by atoms with Crippen molar-refractivity contribution in [2.45, 2.75) is 24.3 Å². The predicted molar refractivity (Wildman–Crippen MR) is 72.1 cm³/mol. The van der Waals surface area contributed by atoms with Crippen molar-refractivity contribution in [3.05, 3.63) is 23.5 Å². The number of amides is 2. The second-order valence-electron chi connectivity index (χ2n) is 4.81. The van der Waals surface area contributed by atoms with Gasteiger partial charge in [-0.3, -0.25) is 14.5 Å². The van der Waals surface area contributed by atoms with Crippen molar-refractivity contribution in [3.8, 4) is 0 Å². The van der Waals surface area contributed by atoms with Crippen LogP contribution in [0, 0.1) is 12.7 Å². The van der Waals surface area contributed by atoms with E-state index in [1.54, 1.807) is 0 Å². The van der Waals surface area contributed by atoms with Gasteiger partial charge in [0.25, 0.3) is 0 Å². The third kappa shape index (κ3) is 2.74. The number of carbonyl (C=O) groups excluding carboxylic acids is 2. The molecule has 0 saturated carbocycles. The van der Waals surface area contributed by atoms with Crippen molar-refractivity contribution >= 4 is 27.5 Å². The number of sulfonamides is 1. The van der Waals surface area contributed by atoms with Crippen LogP contribution in [0.1, 0.15) is 12.0 Å². The third-order valence-electron chi connectivity index (χ3n) is 3.26. The highest BCUT2D eigenvalue weighted by molar-refractivity contribution is 7.89. The van der Waals surface area contributed by atoms with E-state index in [1.807, 2.05) is 0 Å². The molecule has 0 spiro atoms. The van der Waals surface area contributed by atoms with Crippen LogP contribution in [0.4, 0.5) is 10.1 Å². The Kier molecular flexibility index (Phi) is 3.72. The highest BCUT2D eigenvalue weighted by Crippen LogP contribution is 2.23. The smallest absolute Gasteiger partial charge is 0.247 e. The van der Waals surface area contributed by atoms with Crippen molar-refractivity contribution < 1.29 is 22.4 Å². The van der Waals surface area contributed by atoms with E-state index >= 15 is 0 Å². The molecule has 1 aromatic rings.